The van der Waals surface area contributed by atoms with Gasteiger partial charge in [-0.1, -0.05) is 0 Å². The van der Waals surface area contributed by atoms with Gasteiger partial charge in [0.25, 0.3) is 0 Å². The summed E-state index contributed by atoms with van der Waals surface area (Å²) in [7, 11) is -2.14. The summed E-state index contributed by atoms with van der Waals surface area (Å²) in [5, 5.41) is 10.3. The Hall–Kier alpha value is -2.21. The van der Waals surface area contributed by atoms with Crippen LogP contribution in [-0.2, 0) is 13.6 Å². The van der Waals surface area contributed by atoms with Crippen LogP contribution in [0.3, 0.4) is 0 Å². The Morgan fingerprint density at radius 3 is 2.46 bits per heavy atom. The van der Waals surface area contributed by atoms with Gasteiger partial charge in [0.05, 0.1) is 37.5 Å². The van der Waals surface area contributed by atoms with Crippen molar-refractivity contribution in [1.82, 2.24) is 9.97 Å². The van der Waals surface area contributed by atoms with E-state index in [4.69, 9.17) is 13.8 Å². The van der Waals surface area contributed by atoms with Crippen LogP contribution in [0, 0.1) is 6.92 Å². The van der Waals surface area contributed by atoms with Gasteiger partial charge in [-0.05, 0) is 50.1 Å². The van der Waals surface area contributed by atoms with E-state index in [9.17, 15) is 9.67 Å². The number of rotatable bonds is 8. The molecule has 140 valence electrons. The number of methoxy groups -OCH3 is 1. The van der Waals surface area contributed by atoms with E-state index in [0.29, 0.717) is 27.9 Å². The first-order valence-electron chi connectivity index (χ1n) is 8.20. The molecular weight excluding hydrogens is 355 g/mol. The first-order chi connectivity index (χ1) is 12.4. The first kappa shape index (κ1) is 20.1. The molecule has 1 aromatic heterocycles. The van der Waals surface area contributed by atoms with E-state index in [2.05, 4.69) is 9.97 Å². The highest BCUT2D eigenvalue weighted by atomic mass is 31.2. The van der Waals surface area contributed by atoms with Crippen molar-refractivity contribution in [1.29, 1.82) is 0 Å². The van der Waals surface area contributed by atoms with Crippen molar-refractivity contribution in [3.8, 4) is 11.5 Å². The van der Waals surface area contributed by atoms with Crippen molar-refractivity contribution in [3.63, 3.8) is 0 Å². The van der Waals surface area contributed by atoms with Gasteiger partial charge < -0.3 is 18.9 Å². The van der Waals surface area contributed by atoms with E-state index in [-0.39, 0.29) is 19.0 Å². The molecule has 0 spiro atoms. The normalized spacial score (nSPS) is 12.2. The van der Waals surface area contributed by atoms with Crippen molar-refractivity contribution in [2.24, 2.45) is 0 Å². The minimum Gasteiger partial charge on any atom is -0.504 e. The van der Waals surface area contributed by atoms with Gasteiger partial charge in [0.15, 0.2) is 11.5 Å². The van der Waals surface area contributed by atoms with Crippen molar-refractivity contribution in [2.75, 3.05) is 20.3 Å². The Morgan fingerprint density at radius 1 is 1.23 bits per heavy atom. The zero-order chi connectivity index (χ0) is 19.2. The van der Waals surface area contributed by atoms with Crippen LogP contribution < -0.4 is 4.74 Å². The molecule has 1 aromatic carbocycles. The van der Waals surface area contributed by atoms with Gasteiger partial charge in [-0.25, -0.2) is 0 Å². The second-order valence-corrected chi connectivity index (χ2v) is 7.34. The van der Waals surface area contributed by atoms with E-state index in [1.54, 1.807) is 39.0 Å². The lowest BCUT2D eigenvalue weighted by Gasteiger charge is -2.20. The van der Waals surface area contributed by atoms with Gasteiger partial charge in [0, 0.05) is 12.4 Å². The van der Waals surface area contributed by atoms with Crippen LogP contribution in [-0.4, -0.2) is 35.4 Å². The summed E-state index contributed by atoms with van der Waals surface area (Å²) >= 11 is 0. The molecule has 0 aliphatic rings. The molecule has 1 heterocycles. The van der Waals surface area contributed by atoms with E-state index in [0.717, 1.165) is 0 Å². The molecule has 0 amide bonds. The lowest BCUT2D eigenvalue weighted by Crippen LogP contribution is -2.01. The minimum absolute atomic E-state index is 0.0588. The van der Waals surface area contributed by atoms with Gasteiger partial charge >= 0.3 is 7.60 Å². The largest absolute Gasteiger partial charge is 0.504 e. The quantitative estimate of drug-likeness (QED) is 0.686. The fraction of sp³-hybridized carbons (Fsp3) is 0.333. The lowest BCUT2D eigenvalue weighted by molar-refractivity contribution is 0.230. The van der Waals surface area contributed by atoms with Crippen LogP contribution in [0.1, 0.15) is 30.7 Å². The van der Waals surface area contributed by atoms with Crippen LogP contribution in [0.5, 0.6) is 11.5 Å². The zero-order valence-corrected chi connectivity index (χ0v) is 16.2. The molecule has 7 nitrogen and oxygen atoms in total. The number of phenolic OH excluding ortho intramolecular Hbond substituents is 1. The molecule has 8 heteroatoms. The number of aromatic hydroxyl groups is 1. The predicted octanol–water partition coefficient (Wildman–Crippen LogP) is 4.26. The van der Waals surface area contributed by atoms with Crippen molar-refractivity contribution >= 4 is 19.0 Å². The molecule has 0 aliphatic heterocycles. The third-order valence-corrected chi connectivity index (χ3v) is 5.67. The van der Waals surface area contributed by atoms with Gasteiger partial charge in [0.1, 0.15) is 0 Å². The van der Waals surface area contributed by atoms with Crippen molar-refractivity contribution in [2.45, 2.75) is 20.8 Å². The summed E-state index contributed by atoms with van der Waals surface area (Å²) in [5.74, 6) is 0.376. The fourth-order valence-electron chi connectivity index (χ4n) is 2.41. The number of ether oxygens (including phenoxy) is 1. The average Bonchev–Trinajstić information content (AvgIpc) is 2.63. The molecule has 0 atom stereocenters. The highest BCUT2D eigenvalue weighted by Gasteiger charge is 2.32. The summed E-state index contributed by atoms with van der Waals surface area (Å²) in [6.45, 7) is 5.67. The predicted molar refractivity (Wildman–Crippen MR) is 100 cm³/mol. The molecule has 2 rings (SSSR count). The monoisotopic (exact) mass is 378 g/mol. The molecule has 0 saturated carbocycles. The SMILES string of the molecule is CCOP(=O)(OCC)/C(=C/c1cc(C)c(O)c(OC)c1)c1cnccn1. The summed E-state index contributed by atoms with van der Waals surface area (Å²) in [6.07, 6.45) is 6.20. The Kier molecular flexibility index (Phi) is 6.91. The highest BCUT2D eigenvalue weighted by molar-refractivity contribution is 7.65. The molecule has 1 N–H and O–H groups in total. The third-order valence-electron chi connectivity index (χ3n) is 3.53. The molecule has 0 saturated heterocycles. The number of hydrogen-bond acceptors (Lipinski definition) is 7. The average molecular weight is 378 g/mol. The fourth-order valence-corrected chi connectivity index (χ4v) is 4.15. The van der Waals surface area contributed by atoms with Gasteiger partial charge in [-0.3, -0.25) is 14.5 Å². The Labute approximate surface area is 153 Å². The second-order valence-electron chi connectivity index (χ2n) is 5.34. The summed E-state index contributed by atoms with van der Waals surface area (Å²) in [5.41, 5.74) is 1.68. The topological polar surface area (TPSA) is 90.8 Å². The molecule has 26 heavy (non-hydrogen) atoms. The maximum absolute atomic E-state index is 13.4. The Morgan fingerprint density at radius 2 is 1.92 bits per heavy atom. The van der Waals surface area contributed by atoms with Crippen LogP contribution in [0.2, 0.25) is 0 Å². The van der Waals surface area contributed by atoms with E-state index in [1.807, 2.05) is 0 Å². The Balaban J connectivity index is 2.66. The second kappa shape index (κ2) is 8.94. The van der Waals surface area contributed by atoms with Gasteiger partial charge in [0.2, 0.25) is 0 Å². The van der Waals surface area contributed by atoms with Crippen LogP contribution in [0.4, 0.5) is 0 Å². The number of benzene rings is 1. The van der Waals surface area contributed by atoms with Crippen molar-refractivity contribution < 1.29 is 23.5 Å². The summed E-state index contributed by atoms with van der Waals surface area (Å²) in [6, 6.07) is 3.39. The number of hydrogen-bond donors (Lipinski definition) is 1. The van der Waals surface area contributed by atoms with Crippen LogP contribution in [0.25, 0.3) is 11.4 Å². The molecule has 0 aliphatic carbocycles. The number of nitrogens with zero attached hydrogens (tertiary/aromatic N) is 2. The highest BCUT2D eigenvalue weighted by Crippen LogP contribution is 2.60. The number of aryl methyl sites for hydroxylation is 1. The maximum atomic E-state index is 13.4. The van der Waals surface area contributed by atoms with Crippen LogP contribution in [0.15, 0.2) is 30.7 Å². The first-order valence-corrected chi connectivity index (χ1v) is 9.74. The van der Waals surface area contributed by atoms with Gasteiger partial charge in [-0.2, -0.15) is 0 Å². The van der Waals surface area contributed by atoms with E-state index < -0.39 is 7.60 Å². The molecule has 0 fully saturated rings. The molecule has 0 radical (unpaired) electrons. The van der Waals surface area contributed by atoms with Crippen LogP contribution >= 0.6 is 7.60 Å². The van der Waals surface area contributed by atoms with E-state index >= 15 is 0 Å². The van der Waals surface area contributed by atoms with E-state index in [1.165, 1.54) is 25.7 Å². The minimum atomic E-state index is -3.61. The van der Waals surface area contributed by atoms with Gasteiger partial charge in [-0.15, -0.1) is 0 Å². The number of aromatic nitrogens is 2. The zero-order valence-electron chi connectivity index (χ0n) is 15.3. The van der Waals surface area contributed by atoms with Crippen molar-refractivity contribution in [3.05, 3.63) is 47.5 Å². The Bertz CT molecular complexity index is 814. The molecule has 2 aromatic rings. The lowest BCUT2D eigenvalue weighted by atomic mass is 10.1. The maximum Gasteiger partial charge on any atom is 0.363 e. The molecule has 0 unspecified atom stereocenters. The standard InChI is InChI=1S/C18H23N2O5P/c1-5-24-26(22,25-6-2)17(15-12-19-7-8-20-15)11-14-9-13(3)18(21)16(10-14)23-4/h7-12,21H,5-6H2,1-4H3/b17-11+. The smallest absolute Gasteiger partial charge is 0.363 e. The summed E-state index contributed by atoms with van der Waals surface area (Å²) in [4.78, 5) is 8.29. The molecular formula is C18H23N2O5P. The number of phenols is 1. The summed E-state index contributed by atoms with van der Waals surface area (Å²) < 4.78 is 29.5. The third kappa shape index (κ3) is 4.49. The molecule has 0 bridgehead atoms.